The Kier molecular flexibility index (Phi) is 5.40. The Hall–Kier alpha value is -2.61. The van der Waals surface area contributed by atoms with Gasteiger partial charge in [0.05, 0.1) is 10.6 Å². The Balaban J connectivity index is 2.09. The molecule has 24 heavy (non-hydrogen) atoms. The fourth-order valence-electron chi connectivity index (χ4n) is 1.74. The largest absolute Gasteiger partial charge is 0.484 e. The summed E-state index contributed by atoms with van der Waals surface area (Å²) in [6.07, 6.45) is 0. The van der Waals surface area contributed by atoms with Crippen LogP contribution in [-0.2, 0) is 14.8 Å². The van der Waals surface area contributed by atoms with Gasteiger partial charge >= 0.3 is 0 Å². The lowest BCUT2D eigenvalue weighted by atomic mass is 10.3. The topological polar surface area (TPSA) is 75.7 Å². The monoisotopic (exact) mass is 352 g/mol. The van der Waals surface area contributed by atoms with Crippen LogP contribution in [0.15, 0.2) is 53.4 Å². The first kappa shape index (κ1) is 17.7. The third-order valence-corrected chi connectivity index (χ3v) is 4.49. The lowest BCUT2D eigenvalue weighted by Crippen LogP contribution is -2.27. The van der Waals surface area contributed by atoms with E-state index in [4.69, 9.17) is 4.74 Å². The zero-order valence-corrected chi connectivity index (χ0v) is 14.0. The highest BCUT2D eigenvalue weighted by Crippen LogP contribution is 2.21. The standard InChI is InChI=1S/C16H17FN2O4S/c1-19(2)16(20)11-23-12-7-9-13(10-8-12)24(21,22)18-15-6-4-3-5-14(15)17/h3-10,18H,11H2,1-2H3. The number of halogens is 1. The van der Waals surface area contributed by atoms with Crippen molar-refractivity contribution < 1.29 is 22.3 Å². The van der Waals surface area contributed by atoms with Crippen molar-refractivity contribution in [1.82, 2.24) is 4.90 Å². The molecule has 2 aromatic carbocycles. The van der Waals surface area contributed by atoms with E-state index in [9.17, 15) is 17.6 Å². The van der Waals surface area contributed by atoms with Crippen LogP contribution in [0.3, 0.4) is 0 Å². The van der Waals surface area contributed by atoms with Crippen LogP contribution in [-0.4, -0.2) is 39.9 Å². The van der Waals surface area contributed by atoms with E-state index < -0.39 is 15.8 Å². The van der Waals surface area contributed by atoms with Crippen molar-refractivity contribution in [2.45, 2.75) is 4.90 Å². The number of hydrogen-bond donors (Lipinski definition) is 1. The molecule has 1 N–H and O–H groups in total. The van der Waals surface area contributed by atoms with Gasteiger partial charge in [0.1, 0.15) is 11.6 Å². The van der Waals surface area contributed by atoms with E-state index in [-0.39, 0.29) is 23.1 Å². The zero-order chi connectivity index (χ0) is 17.7. The number of anilines is 1. The van der Waals surface area contributed by atoms with Crippen molar-refractivity contribution in [1.29, 1.82) is 0 Å². The molecule has 1 amide bonds. The summed E-state index contributed by atoms with van der Waals surface area (Å²) < 4.78 is 45.5. The molecule has 0 aliphatic carbocycles. The Morgan fingerprint density at radius 2 is 1.75 bits per heavy atom. The van der Waals surface area contributed by atoms with Crippen molar-refractivity contribution in [2.24, 2.45) is 0 Å². The quantitative estimate of drug-likeness (QED) is 0.864. The molecule has 0 aliphatic heterocycles. The molecule has 128 valence electrons. The van der Waals surface area contributed by atoms with Crippen LogP contribution in [0.2, 0.25) is 0 Å². The summed E-state index contributed by atoms with van der Waals surface area (Å²) >= 11 is 0. The number of rotatable bonds is 6. The van der Waals surface area contributed by atoms with Gasteiger partial charge in [0.25, 0.3) is 15.9 Å². The highest BCUT2D eigenvalue weighted by molar-refractivity contribution is 7.92. The maximum atomic E-state index is 13.6. The van der Waals surface area contributed by atoms with E-state index >= 15 is 0 Å². The molecule has 0 aliphatic rings. The van der Waals surface area contributed by atoms with Crippen LogP contribution in [0.4, 0.5) is 10.1 Å². The summed E-state index contributed by atoms with van der Waals surface area (Å²) in [5, 5.41) is 0. The number of nitrogens with one attached hydrogen (secondary N) is 1. The Morgan fingerprint density at radius 3 is 2.33 bits per heavy atom. The fraction of sp³-hybridized carbons (Fsp3) is 0.188. The minimum Gasteiger partial charge on any atom is -0.484 e. The van der Waals surface area contributed by atoms with Crippen molar-refractivity contribution in [3.05, 3.63) is 54.3 Å². The second kappa shape index (κ2) is 7.31. The lowest BCUT2D eigenvalue weighted by molar-refractivity contribution is -0.130. The molecule has 0 bridgehead atoms. The summed E-state index contributed by atoms with van der Waals surface area (Å²) in [7, 11) is -0.704. The molecule has 2 aromatic rings. The van der Waals surface area contributed by atoms with Crippen LogP contribution < -0.4 is 9.46 Å². The number of carbonyl (C=O) groups excluding carboxylic acids is 1. The fourth-order valence-corrected chi connectivity index (χ4v) is 2.80. The van der Waals surface area contributed by atoms with Gasteiger partial charge in [-0.3, -0.25) is 9.52 Å². The van der Waals surface area contributed by atoms with E-state index in [2.05, 4.69) is 4.72 Å². The van der Waals surface area contributed by atoms with Gasteiger partial charge in [-0.1, -0.05) is 12.1 Å². The van der Waals surface area contributed by atoms with Gasteiger partial charge in [0, 0.05) is 14.1 Å². The zero-order valence-electron chi connectivity index (χ0n) is 13.2. The molecule has 8 heteroatoms. The molecular formula is C16H17FN2O4S. The van der Waals surface area contributed by atoms with Gasteiger partial charge in [0.15, 0.2) is 6.61 Å². The van der Waals surface area contributed by atoms with Crippen LogP contribution >= 0.6 is 0 Å². The second-order valence-corrected chi connectivity index (χ2v) is 6.82. The van der Waals surface area contributed by atoms with Crippen LogP contribution in [0.5, 0.6) is 5.75 Å². The minimum atomic E-state index is -3.92. The van der Waals surface area contributed by atoms with Crippen LogP contribution in [0.1, 0.15) is 0 Å². The van der Waals surface area contributed by atoms with Crippen molar-refractivity contribution >= 4 is 21.6 Å². The molecule has 0 fully saturated rings. The average molecular weight is 352 g/mol. The molecule has 0 heterocycles. The third kappa shape index (κ3) is 4.45. The molecule has 6 nitrogen and oxygen atoms in total. The number of likely N-dealkylation sites (N-methyl/N-ethyl adjacent to an activating group) is 1. The highest BCUT2D eigenvalue weighted by atomic mass is 32.2. The van der Waals surface area contributed by atoms with Gasteiger partial charge < -0.3 is 9.64 Å². The molecule has 2 rings (SSSR count). The molecule has 0 aromatic heterocycles. The summed E-state index contributed by atoms with van der Waals surface area (Å²) in [5.74, 6) is -0.522. The molecule has 0 saturated heterocycles. The lowest BCUT2D eigenvalue weighted by Gasteiger charge is -2.12. The van der Waals surface area contributed by atoms with Gasteiger partial charge in [-0.05, 0) is 36.4 Å². The van der Waals surface area contributed by atoms with E-state index in [1.165, 1.54) is 47.4 Å². The first-order valence-electron chi connectivity index (χ1n) is 7.00. The first-order chi connectivity index (χ1) is 11.3. The predicted octanol–water partition coefficient (Wildman–Crippen LogP) is 2.09. The Bertz CT molecular complexity index is 820. The number of sulfonamides is 1. The number of para-hydroxylation sites is 1. The van der Waals surface area contributed by atoms with E-state index in [0.717, 1.165) is 6.07 Å². The molecule has 0 atom stereocenters. The van der Waals surface area contributed by atoms with E-state index in [0.29, 0.717) is 5.75 Å². The Labute approximate surface area is 139 Å². The number of hydrogen-bond acceptors (Lipinski definition) is 4. The molecule has 0 radical (unpaired) electrons. The number of benzene rings is 2. The summed E-state index contributed by atoms with van der Waals surface area (Å²) in [6, 6.07) is 11.0. The first-order valence-corrected chi connectivity index (χ1v) is 8.48. The van der Waals surface area contributed by atoms with Gasteiger partial charge in [0.2, 0.25) is 0 Å². The van der Waals surface area contributed by atoms with E-state index in [1.54, 1.807) is 14.1 Å². The molecular weight excluding hydrogens is 335 g/mol. The summed E-state index contributed by atoms with van der Waals surface area (Å²) in [4.78, 5) is 12.8. The summed E-state index contributed by atoms with van der Waals surface area (Å²) in [6.45, 7) is -0.146. The number of carbonyl (C=O) groups is 1. The molecule has 0 spiro atoms. The highest BCUT2D eigenvalue weighted by Gasteiger charge is 2.16. The normalized spacial score (nSPS) is 11.0. The van der Waals surface area contributed by atoms with Crippen LogP contribution in [0, 0.1) is 5.82 Å². The maximum Gasteiger partial charge on any atom is 0.261 e. The maximum absolute atomic E-state index is 13.6. The van der Waals surface area contributed by atoms with Gasteiger partial charge in [-0.15, -0.1) is 0 Å². The van der Waals surface area contributed by atoms with Gasteiger partial charge in [-0.25, -0.2) is 12.8 Å². The molecule has 0 unspecified atom stereocenters. The second-order valence-electron chi connectivity index (χ2n) is 5.13. The molecule has 0 saturated carbocycles. The summed E-state index contributed by atoms with van der Waals surface area (Å²) in [5.41, 5.74) is -0.130. The van der Waals surface area contributed by atoms with Crippen molar-refractivity contribution in [3.8, 4) is 5.75 Å². The number of amides is 1. The van der Waals surface area contributed by atoms with Crippen molar-refractivity contribution in [3.63, 3.8) is 0 Å². The van der Waals surface area contributed by atoms with E-state index in [1.807, 2.05) is 0 Å². The number of nitrogens with zero attached hydrogens (tertiary/aromatic N) is 1. The van der Waals surface area contributed by atoms with Crippen molar-refractivity contribution in [2.75, 3.05) is 25.4 Å². The average Bonchev–Trinajstić information content (AvgIpc) is 2.55. The predicted molar refractivity (Wildman–Crippen MR) is 87.8 cm³/mol. The Morgan fingerprint density at radius 1 is 1.12 bits per heavy atom. The number of ether oxygens (including phenoxy) is 1. The minimum absolute atomic E-state index is 0.0444. The SMILES string of the molecule is CN(C)C(=O)COc1ccc(S(=O)(=O)Nc2ccccc2F)cc1. The smallest absolute Gasteiger partial charge is 0.261 e. The third-order valence-electron chi connectivity index (χ3n) is 3.11. The van der Waals surface area contributed by atoms with Gasteiger partial charge in [-0.2, -0.15) is 0 Å². The van der Waals surface area contributed by atoms with Crippen LogP contribution in [0.25, 0.3) is 0 Å².